The average Bonchev–Trinajstić information content (AvgIpc) is 2.57. The van der Waals surface area contributed by atoms with Crippen molar-refractivity contribution in [2.45, 2.75) is 52.1 Å². The van der Waals surface area contributed by atoms with Crippen molar-refractivity contribution in [3.05, 3.63) is 24.3 Å². The Balaban J connectivity index is 0.00000312. The van der Waals surface area contributed by atoms with Gasteiger partial charge in [0.2, 0.25) is 0 Å². The van der Waals surface area contributed by atoms with E-state index in [-0.39, 0.29) is 24.6 Å². The second kappa shape index (κ2) is 12.0. The van der Waals surface area contributed by atoms with Gasteiger partial charge in [0.05, 0.1) is 6.61 Å². The van der Waals surface area contributed by atoms with Gasteiger partial charge < -0.3 is 14.4 Å². The number of likely N-dealkylation sites (tertiary alicyclic amines) is 1. The molecule has 6 heteroatoms. The van der Waals surface area contributed by atoms with E-state index in [2.05, 4.69) is 24.1 Å². The largest absolute Gasteiger partial charge is 0.494 e. The first-order chi connectivity index (χ1) is 11.7. The highest BCUT2D eigenvalue weighted by atomic mass is 35.5. The van der Waals surface area contributed by atoms with Crippen LogP contribution in [0.4, 0.5) is 10.5 Å². The molecule has 1 saturated heterocycles. The maximum atomic E-state index is 12.1. The summed E-state index contributed by atoms with van der Waals surface area (Å²) in [6.07, 6.45) is 4.75. The number of unbranched alkanes of at least 4 members (excludes halogenated alkanes) is 1. The van der Waals surface area contributed by atoms with Crippen LogP contribution in [0.3, 0.4) is 0 Å². The Bertz CT molecular complexity index is 505. The molecule has 1 N–H and O–H groups in total. The quantitative estimate of drug-likeness (QED) is 0.673. The summed E-state index contributed by atoms with van der Waals surface area (Å²) >= 11 is 0. The number of carbonyl (C=O) groups is 1. The number of amides is 1. The van der Waals surface area contributed by atoms with Crippen molar-refractivity contribution in [2.75, 3.05) is 31.6 Å². The van der Waals surface area contributed by atoms with E-state index in [1.54, 1.807) is 0 Å². The number of anilines is 1. The Hall–Kier alpha value is -1.46. The number of nitrogens with zero attached hydrogens (tertiary/aromatic N) is 1. The number of ether oxygens (including phenoxy) is 2. The van der Waals surface area contributed by atoms with Crippen LogP contribution < -0.4 is 10.1 Å². The summed E-state index contributed by atoms with van der Waals surface area (Å²) in [5, 5.41) is 2.80. The van der Waals surface area contributed by atoms with Gasteiger partial charge in [-0.2, -0.15) is 0 Å². The third-order valence-corrected chi connectivity index (χ3v) is 4.20. The van der Waals surface area contributed by atoms with Gasteiger partial charge in [-0.25, -0.2) is 4.79 Å². The highest BCUT2D eigenvalue weighted by Crippen LogP contribution is 2.19. The van der Waals surface area contributed by atoms with Gasteiger partial charge in [0.15, 0.2) is 0 Å². The molecule has 0 saturated carbocycles. The van der Waals surface area contributed by atoms with Crippen molar-refractivity contribution in [2.24, 2.45) is 0 Å². The van der Waals surface area contributed by atoms with Gasteiger partial charge in [0, 0.05) is 24.8 Å². The maximum absolute atomic E-state index is 12.1. The van der Waals surface area contributed by atoms with Crippen LogP contribution in [0.2, 0.25) is 0 Å². The molecule has 1 amide bonds. The number of hydrogen-bond donors (Lipinski definition) is 1. The second-order valence-corrected chi connectivity index (χ2v) is 6.30. The van der Waals surface area contributed by atoms with Crippen molar-refractivity contribution in [1.82, 2.24) is 4.90 Å². The molecular formula is C19H31ClN2O3. The van der Waals surface area contributed by atoms with Gasteiger partial charge in [-0.15, -0.1) is 12.4 Å². The zero-order chi connectivity index (χ0) is 17.2. The SMILES string of the molecule is CCCCOc1cccc(NC(=O)OC2CCN(CCC)CC2)c1.Cl. The van der Waals surface area contributed by atoms with E-state index in [1.807, 2.05) is 24.3 Å². The molecule has 0 aliphatic carbocycles. The molecule has 1 fully saturated rings. The van der Waals surface area contributed by atoms with E-state index in [1.165, 1.54) is 6.42 Å². The fourth-order valence-electron chi connectivity index (χ4n) is 2.86. The molecule has 5 nitrogen and oxygen atoms in total. The molecule has 1 aromatic carbocycles. The van der Waals surface area contributed by atoms with Gasteiger partial charge in [-0.1, -0.05) is 26.3 Å². The Morgan fingerprint density at radius 2 is 2.00 bits per heavy atom. The van der Waals surface area contributed by atoms with Gasteiger partial charge in [-0.3, -0.25) is 5.32 Å². The summed E-state index contributed by atoms with van der Waals surface area (Å²) in [7, 11) is 0. The molecular weight excluding hydrogens is 340 g/mol. The molecule has 0 aromatic heterocycles. The number of nitrogens with one attached hydrogen (secondary N) is 1. The molecule has 2 rings (SSSR count). The molecule has 25 heavy (non-hydrogen) atoms. The number of piperidine rings is 1. The molecule has 142 valence electrons. The minimum Gasteiger partial charge on any atom is -0.494 e. The van der Waals surface area contributed by atoms with Gasteiger partial charge in [-0.05, 0) is 44.4 Å². The Morgan fingerprint density at radius 1 is 1.24 bits per heavy atom. The number of benzene rings is 1. The molecule has 1 aromatic rings. The van der Waals surface area contributed by atoms with Crippen LogP contribution in [0.5, 0.6) is 5.75 Å². The lowest BCUT2D eigenvalue weighted by Gasteiger charge is -2.31. The molecule has 0 radical (unpaired) electrons. The second-order valence-electron chi connectivity index (χ2n) is 6.30. The zero-order valence-electron chi connectivity index (χ0n) is 15.3. The molecule has 0 atom stereocenters. The Kier molecular flexibility index (Phi) is 10.3. The van der Waals surface area contributed by atoms with Crippen molar-refractivity contribution in [3.63, 3.8) is 0 Å². The van der Waals surface area contributed by atoms with E-state index in [0.717, 1.165) is 51.1 Å². The summed E-state index contributed by atoms with van der Waals surface area (Å²) in [6, 6.07) is 7.45. The molecule has 1 aliphatic heterocycles. The molecule has 1 aliphatic rings. The fourth-order valence-corrected chi connectivity index (χ4v) is 2.86. The summed E-state index contributed by atoms with van der Waals surface area (Å²) in [4.78, 5) is 14.5. The topological polar surface area (TPSA) is 50.8 Å². The average molecular weight is 371 g/mol. The van der Waals surface area contributed by atoms with Crippen LogP contribution in [0.1, 0.15) is 46.0 Å². The monoisotopic (exact) mass is 370 g/mol. The third-order valence-electron chi connectivity index (χ3n) is 4.20. The van der Waals surface area contributed by atoms with E-state index in [9.17, 15) is 4.79 Å². The summed E-state index contributed by atoms with van der Waals surface area (Å²) < 4.78 is 11.2. The first-order valence-corrected chi connectivity index (χ1v) is 9.14. The maximum Gasteiger partial charge on any atom is 0.411 e. The van der Waals surface area contributed by atoms with Crippen LogP contribution in [-0.2, 0) is 4.74 Å². The van der Waals surface area contributed by atoms with Crippen LogP contribution in [0.25, 0.3) is 0 Å². The van der Waals surface area contributed by atoms with Gasteiger partial charge in [0.1, 0.15) is 11.9 Å². The summed E-state index contributed by atoms with van der Waals surface area (Å²) in [6.45, 7) is 8.16. The first-order valence-electron chi connectivity index (χ1n) is 9.14. The minimum absolute atomic E-state index is 0. The van der Waals surface area contributed by atoms with Crippen LogP contribution in [0.15, 0.2) is 24.3 Å². The number of rotatable bonds is 8. The summed E-state index contributed by atoms with van der Waals surface area (Å²) in [5.41, 5.74) is 0.706. The van der Waals surface area contributed by atoms with Crippen LogP contribution in [0, 0.1) is 0 Å². The minimum atomic E-state index is -0.380. The lowest BCUT2D eigenvalue weighted by Crippen LogP contribution is -2.38. The first kappa shape index (κ1) is 21.6. The highest BCUT2D eigenvalue weighted by Gasteiger charge is 2.21. The third kappa shape index (κ3) is 7.97. The molecule has 0 bridgehead atoms. The zero-order valence-corrected chi connectivity index (χ0v) is 16.1. The van der Waals surface area contributed by atoms with Crippen molar-refractivity contribution < 1.29 is 14.3 Å². The van der Waals surface area contributed by atoms with Crippen molar-refractivity contribution in [3.8, 4) is 5.75 Å². The number of halogens is 1. The predicted molar refractivity (Wildman–Crippen MR) is 104 cm³/mol. The predicted octanol–water partition coefficient (Wildman–Crippen LogP) is 4.71. The van der Waals surface area contributed by atoms with E-state index < -0.39 is 0 Å². The van der Waals surface area contributed by atoms with Gasteiger partial charge >= 0.3 is 6.09 Å². The lowest BCUT2D eigenvalue weighted by atomic mass is 10.1. The van der Waals surface area contributed by atoms with Crippen molar-refractivity contribution in [1.29, 1.82) is 0 Å². The van der Waals surface area contributed by atoms with Gasteiger partial charge in [0.25, 0.3) is 0 Å². The van der Waals surface area contributed by atoms with Crippen molar-refractivity contribution >= 4 is 24.2 Å². The Labute approximate surface area is 157 Å². The molecule has 0 unspecified atom stereocenters. The standard InChI is InChI=1S/C19H30N2O3.ClH/c1-3-5-14-23-18-8-6-7-16(15-18)20-19(22)24-17-9-12-21(11-4-2)13-10-17;/h6-8,15,17H,3-5,9-14H2,1-2H3,(H,20,22);1H. The lowest BCUT2D eigenvalue weighted by molar-refractivity contribution is 0.0590. The van der Waals surface area contributed by atoms with Crippen LogP contribution >= 0.6 is 12.4 Å². The normalized spacial score (nSPS) is 15.3. The molecule has 0 spiro atoms. The van der Waals surface area contributed by atoms with Crippen LogP contribution in [-0.4, -0.2) is 43.3 Å². The van der Waals surface area contributed by atoms with E-state index >= 15 is 0 Å². The molecule has 1 heterocycles. The fraction of sp³-hybridized carbons (Fsp3) is 0.632. The van der Waals surface area contributed by atoms with E-state index in [4.69, 9.17) is 9.47 Å². The smallest absolute Gasteiger partial charge is 0.411 e. The number of hydrogen-bond acceptors (Lipinski definition) is 4. The van der Waals surface area contributed by atoms with E-state index in [0.29, 0.717) is 12.3 Å². The number of carbonyl (C=O) groups excluding carboxylic acids is 1. The highest BCUT2D eigenvalue weighted by molar-refractivity contribution is 5.85. The Morgan fingerprint density at radius 3 is 2.68 bits per heavy atom. The summed E-state index contributed by atoms with van der Waals surface area (Å²) in [5.74, 6) is 0.772.